The monoisotopic (exact) mass is 673 g/mol. The fraction of sp³-hybridized carbons (Fsp3) is 0.357. The van der Waals surface area contributed by atoms with Crippen LogP contribution in [0.4, 0.5) is 14.5 Å². The van der Waals surface area contributed by atoms with Crippen molar-refractivity contribution in [3.8, 4) is 11.5 Å². The van der Waals surface area contributed by atoms with Crippen LogP contribution in [0, 0.1) is 5.92 Å². The molecule has 1 aliphatic heterocycles. The van der Waals surface area contributed by atoms with Gasteiger partial charge in [0.2, 0.25) is 10.0 Å². The number of nitrogens with two attached hydrogens (primary N) is 1. The molecule has 1 saturated heterocycles. The van der Waals surface area contributed by atoms with Crippen LogP contribution in [0.1, 0.15) is 30.1 Å². The number of pyridine rings is 1. The van der Waals surface area contributed by atoms with Crippen molar-refractivity contribution in [3.63, 3.8) is 0 Å². The Hall–Kier alpha value is -2.84. The summed E-state index contributed by atoms with van der Waals surface area (Å²) in [5.41, 5.74) is 6.91. The lowest BCUT2D eigenvalue weighted by molar-refractivity contribution is -0.152. The quantitative estimate of drug-likeness (QED) is 0.184. The molecule has 0 amide bonds. The number of hydrogen-bond acceptors (Lipinski definition) is 9. The Kier molecular flexibility index (Phi) is 9.86. The number of benzene rings is 2. The van der Waals surface area contributed by atoms with Crippen LogP contribution in [-0.2, 0) is 26.0 Å². The number of rotatable bonds is 12. The Morgan fingerprint density at radius 2 is 1.79 bits per heavy atom. The zero-order valence-electron chi connectivity index (χ0n) is 22.5. The number of nitrogens with zero attached hydrogens (tertiary/aromatic N) is 2. The van der Waals surface area contributed by atoms with Crippen LogP contribution < -0.4 is 15.2 Å². The third kappa shape index (κ3) is 7.63. The summed E-state index contributed by atoms with van der Waals surface area (Å²) in [6.45, 7) is -2.77. The van der Waals surface area contributed by atoms with Crippen molar-refractivity contribution in [3.05, 3.63) is 76.0 Å². The van der Waals surface area contributed by atoms with Crippen LogP contribution in [0.15, 0.2) is 59.8 Å². The summed E-state index contributed by atoms with van der Waals surface area (Å²) < 4.78 is 70.6. The van der Waals surface area contributed by atoms with Gasteiger partial charge in [0.25, 0.3) is 0 Å². The Labute approximate surface area is 261 Å². The molecule has 1 saturated carbocycles. The lowest BCUT2D eigenvalue weighted by Gasteiger charge is -2.26. The minimum Gasteiger partial charge on any atom is -0.489 e. The van der Waals surface area contributed by atoms with Crippen molar-refractivity contribution in [1.29, 1.82) is 0 Å². The number of sulfonamides is 1. The largest absolute Gasteiger partial charge is 0.489 e. The Morgan fingerprint density at radius 1 is 1.09 bits per heavy atom. The SMILES string of the molecule is Nc1ccc(S(=O)(=O)N2CSCC2C(=O)OC(Cc2c(Cl)cncc2Cl)c2ccc(OC(F)F)c(OCC3CC3)c2)cc1. The van der Waals surface area contributed by atoms with Gasteiger partial charge in [-0.25, -0.2) is 8.42 Å². The highest BCUT2D eigenvalue weighted by Gasteiger charge is 2.42. The average Bonchev–Trinajstić information content (AvgIpc) is 3.65. The predicted octanol–water partition coefficient (Wildman–Crippen LogP) is 5.95. The number of carbonyl (C=O) groups excluding carboxylic acids is 1. The first-order valence-electron chi connectivity index (χ1n) is 13.2. The van der Waals surface area contributed by atoms with Crippen LogP contribution in [0.2, 0.25) is 10.0 Å². The molecule has 0 bridgehead atoms. The highest BCUT2D eigenvalue weighted by molar-refractivity contribution is 8.00. The smallest absolute Gasteiger partial charge is 0.387 e. The molecule has 2 heterocycles. The number of carbonyl (C=O) groups is 1. The molecule has 1 aliphatic carbocycles. The molecule has 0 radical (unpaired) electrons. The van der Waals surface area contributed by atoms with Crippen molar-refractivity contribution in [1.82, 2.24) is 9.29 Å². The minimum atomic E-state index is -4.06. The van der Waals surface area contributed by atoms with Gasteiger partial charge >= 0.3 is 12.6 Å². The van der Waals surface area contributed by atoms with Crippen LogP contribution in [0.25, 0.3) is 0 Å². The second-order valence-corrected chi connectivity index (χ2v) is 13.7. The lowest BCUT2D eigenvalue weighted by Crippen LogP contribution is -2.43. The summed E-state index contributed by atoms with van der Waals surface area (Å²) in [5, 5.41) is 0.445. The summed E-state index contributed by atoms with van der Waals surface area (Å²) in [5.74, 6) is -0.395. The second kappa shape index (κ2) is 13.4. The van der Waals surface area contributed by atoms with Crippen molar-refractivity contribution >= 4 is 56.6 Å². The molecule has 230 valence electrons. The second-order valence-electron chi connectivity index (χ2n) is 10.0. The topological polar surface area (TPSA) is 121 Å². The van der Waals surface area contributed by atoms with E-state index in [0.29, 0.717) is 29.3 Å². The van der Waals surface area contributed by atoms with Crippen molar-refractivity contribution in [2.24, 2.45) is 5.92 Å². The molecule has 2 atom stereocenters. The maximum absolute atomic E-state index is 13.7. The molecule has 15 heteroatoms. The number of thioether (sulfide) groups is 1. The van der Waals surface area contributed by atoms with E-state index in [1.807, 2.05) is 0 Å². The predicted molar refractivity (Wildman–Crippen MR) is 159 cm³/mol. The normalized spacial score (nSPS) is 18.0. The highest BCUT2D eigenvalue weighted by atomic mass is 35.5. The molecule has 2 aliphatic rings. The van der Waals surface area contributed by atoms with E-state index in [4.69, 9.17) is 38.4 Å². The number of ether oxygens (including phenoxy) is 3. The van der Waals surface area contributed by atoms with Gasteiger partial charge in [-0.2, -0.15) is 13.1 Å². The number of alkyl halides is 2. The van der Waals surface area contributed by atoms with Gasteiger partial charge in [0.15, 0.2) is 11.5 Å². The number of halogens is 4. The van der Waals surface area contributed by atoms with Crippen molar-refractivity contribution in [2.75, 3.05) is 24.0 Å². The van der Waals surface area contributed by atoms with Gasteiger partial charge in [-0.05, 0) is 66.3 Å². The first kappa shape index (κ1) is 31.6. The zero-order chi connectivity index (χ0) is 30.7. The van der Waals surface area contributed by atoms with Crippen LogP contribution >= 0.6 is 35.0 Å². The minimum absolute atomic E-state index is 0.0130. The Morgan fingerprint density at radius 3 is 2.44 bits per heavy atom. The molecular formula is C28H27Cl2F2N3O6S2. The molecule has 2 fully saturated rings. The first-order valence-corrected chi connectivity index (χ1v) is 16.5. The molecule has 3 aromatic rings. The number of nitrogen functional groups attached to an aromatic ring is 1. The highest BCUT2D eigenvalue weighted by Crippen LogP contribution is 2.39. The standard InChI is InChI=1S/C28H27Cl2F2N3O6S2/c29-21-11-34-12-22(30)20(21)10-25(17-3-8-24(41-28(31)32)26(9-17)39-13-16-1-2-16)40-27(36)23-14-42-15-35(23)43(37,38)19-6-4-18(33)5-7-19/h3-9,11-12,16,23,25,28H,1-2,10,13-15,33H2. The van der Waals surface area contributed by atoms with Gasteiger partial charge in [-0.3, -0.25) is 9.78 Å². The molecule has 9 nitrogen and oxygen atoms in total. The van der Waals surface area contributed by atoms with Crippen molar-refractivity contribution < 1.29 is 36.2 Å². The van der Waals surface area contributed by atoms with Gasteiger partial charge in [0, 0.05) is 30.3 Å². The molecule has 2 aromatic carbocycles. The molecular weight excluding hydrogens is 647 g/mol. The molecule has 43 heavy (non-hydrogen) atoms. The van der Waals surface area contributed by atoms with Gasteiger partial charge in [0.05, 0.1) is 27.4 Å². The van der Waals surface area contributed by atoms with Gasteiger partial charge in [-0.15, -0.1) is 11.8 Å². The third-order valence-electron chi connectivity index (χ3n) is 6.93. The molecule has 5 rings (SSSR count). The summed E-state index contributed by atoms with van der Waals surface area (Å²) in [6, 6.07) is 8.78. The summed E-state index contributed by atoms with van der Waals surface area (Å²) >= 11 is 14.0. The summed E-state index contributed by atoms with van der Waals surface area (Å²) in [7, 11) is -4.06. The van der Waals surface area contributed by atoms with Crippen molar-refractivity contribution in [2.45, 2.75) is 42.9 Å². The van der Waals surface area contributed by atoms with Crippen LogP contribution in [0.3, 0.4) is 0 Å². The van der Waals surface area contributed by atoms with E-state index in [9.17, 15) is 22.0 Å². The van der Waals surface area contributed by atoms with E-state index >= 15 is 0 Å². The van der Waals surface area contributed by atoms with Gasteiger partial charge in [0.1, 0.15) is 12.1 Å². The molecule has 2 N–H and O–H groups in total. The zero-order valence-corrected chi connectivity index (χ0v) is 25.6. The number of anilines is 1. The van der Waals surface area contributed by atoms with Gasteiger partial charge in [-0.1, -0.05) is 29.3 Å². The molecule has 1 aromatic heterocycles. The maximum Gasteiger partial charge on any atom is 0.387 e. The van der Waals surface area contributed by atoms with E-state index in [2.05, 4.69) is 9.72 Å². The van der Waals surface area contributed by atoms with E-state index in [1.165, 1.54) is 66.6 Å². The summed E-state index contributed by atoms with van der Waals surface area (Å²) in [6.07, 6.45) is 3.65. The Balaban J connectivity index is 1.46. The number of esters is 1. The first-order chi connectivity index (χ1) is 20.5. The molecule has 2 unspecified atom stereocenters. The Bertz CT molecular complexity index is 1560. The van der Waals surface area contributed by atoms with Gasteiger partial charge < -0.3 is 19.9 Å². The average molecular weight is 675 g/mol. The lowest BCUT2D eigenvalue weighted by atomic mass is 10.0. The number of hydrogen-bond donors (Lipinski definition) is 1. The maximum atomic E-state index is 13.7. The summed E-state index contributed by atoms with van der Waals surface area (Å²) in [4.78, 5) is 17.6. The van der Waals surface area contributed by atoms with E-state index in [0.717, 1.165) is 17.1 Å². The van der Waals surface area contributed by atoms with E-state index in [-0.39, 0.29) is 44.5 Å². The fourth-order valence-corrected chi connectivity index (χ4v) is 8.06. The van der Waals surface area contributed by atoms with E-state index in [1.54, 1.807) is 0 Å². The van der Waals surface area contributed by atoms with Crippen LogP contribution in [-0.4, -0.2) is 54.6 Å². The fourth-order valence-electron chi connectivity index (χ4n) is 4.41. The van der Waals surface area contributed by atoms with Crippen LogP contribution in [0.5, 0.6) is 11.5 Å². The third-order valence-corrected chi connectivity index (χ3v) is 10.6. The number of aromatic nitrogens is 1. The van der Waals surface area contributed by atoms with E-state index < -0.39 is 34.7 Å². The molecule has 0 spiro atoms.